The van der Waals surface area contributed by atoms with Gasteiger partial charge in [-0.1, -0.05) is 12.1 Å². The summed E-state index contributed by atoms with van der Waals surface area (Å²) in [5.41, 5.74) is -0.450. The molecule has 2 aliphatic rings. The lowest BCUT2D eigenvalue weighted by Crippen LogP contribution is -2.57. The molecule has 0 aromatic heterocycles. The van der Waals surface area contributed by atoms with E-state index in [1.807, 2.05) is 20.8 Å². The number of nitrogens with one attached hydrogen (secondary N) is 1. The number of carbonyl (C=O) groups is 1. The van der Waals surface area contributed by atoms with Crippen LogP contribution in [-0.2, 0) is 17.5 Å². The highest BCUT2D eigenvalue weighted by atomic mass is 19.4. The lowest BCUT2D eigenvalue weighted by Gasteiger charge is -2.39. The minimum Gasteiger partial charge on any atom is -0.444 e. The lowest BCUT2D eigenvalue weighted by molar-refractivity contribution is -0.137. The zero-order valence-corrected chi connectivity index (χ0v) is 16.2. The Bertz CT molecular complexity index is 741. The van der Waals surface area contributed by atoms with Crippen LogP contribution in [0.2, 0.25) is 0 Å². The Morgan fingerprint density at radius 1 is 1.21 bits per heavy atom. The number of alkyl halides is 3. The summed E-state index contributed by atoms with van der Waals surface area (Å²) >= 11 is 0. The Hall–Kier alpha value is -2.45. The summed E-state index contributed by atoms with van der Waals surface area (Å²) in [6, 6.07) is 5.16. The summed E-state index contributed by atoms with van der Waals surface area (Å²) < 4.78 is 43.3. The molecule has 28 heavy (non-hydrogen) atoms. The molecule has 1 aromatic rings. The predicted molar refractivity (Wildman–Crippen MR) is 98.9 cm³/mol. The zero-order valence-electron chi connectivity index (χ0n) is 16.2. The molecule has 1 fully saturated rings. The van der Waals surface area contributed by atoms with E-state index in [4.69, 9.17) is 4.74 Å². The number of carbonyl (C=O) groups excluding carboxylic acids is 1. The van der Waals surface area contributed by atoms with Gasteiger partial charge in [0.05, 0.1) is 18.2 Å². The third kappa shape index (κ3) is 4.88. The fourth-order valence-electron chi connectivity index (χ4n) is 3.22. The van der Waals surface area contributed by atoms with Gasteiger partial charge < -0.3 is 19.9 Å². The van der Waals surface area contributed by atoms with Crippen LogP contribution in [0.1, 0.15) is 31.9 Å². The van der Waals surface area contributed by atoms with Crippen LogP contribution < -0.4 is 5.32 Å². The average Bonchev–Trinajstić information content (AvgIpc) is 3.00. The van der Waals surface area contributed by atoms with E-state index in [2.05, 4.69) is 15.2 Å². The van der Waals surface area contributed by atoms with Crippen molar-refractivity contribution >= 4 is 12.1 Å². The van der Waals surface area contributed by atoms with Crippen LogP contribution in [0.15, 0.2) is 29.3 Å². The Labute approximate surface area is 162 Å². The zero-order chi connectivity index (χ0) is 20.5. The van der Waals surface area contributed by atoms with E-state index in [-0.39, 0.29) is 12.1 Å². The van der Waals surface area contributed by atoms with E-state index in [1.165, 1.54) is 12.1 Å². The van der Waals surface area contributed by atoms with E-state index in [0.717, 1.165) is 17.7 Å². The number of aliphatic imine (C=N–C) groups is 1. The van der Waals surface area contributed by atoms with Crippen LogP contribution in [0, 0.1) is 0 Å². The Morgan fingerprint density at radius 2 is 1.89 bits per heavy atom. The molecule has 6 nitrogen and oxygen atoms in total. The van der Waals surface area contributed by atoms with Crippen LogP contribution in [0.4, 0.5) is 18.0 Å². The molecule has 1 atom stereocenters. The van der Waals surface area contributed by atoms with Gasteiger partial charge in [-0.25, -0.2) is 4.79 Å². The van der Waals surface area contributed by atoms with Crippen molar-refractivity contribution in [3.05, 3.63) is 35.4 Å². The van der Waals surface area contributed by atoms with E-state index in [9.17, 15) is 18.0 Å². The highest BCUT2D eigenvalue weighted by Gasteiger charge is 2.36. The molecular weight excluding hydrogens is 373 g/mol. The van der Waals surface area contributed by atoms with Crippen molar-refractivity contribution < 1.29 is 22.7 Å². The molecule has 2 heterocycles. The highest BCUT2D eigenvalue weighted by molar-refractivity contribution is 5.82. The quantitative estimate of drug-likeness (QED) is 0.832. The monoisotopic (exact) mass is 398 g/mol. The van der Waals surface area contributed by atoms with Gasteiger partial charge in [0.25, 0.3) is 0 Å². The molecule has 0 radical (unpaired) electrons. The lowest BCUT2D eigenvalue weighted by atomic mass is 10.1. The van der Waals surface area contributed by atoms with Crippen molar-refractivity contribution in [3.63, 3.8) is 0 Å². The first-order chi connectivity index (χ1) is 13.0. The summed E-state index contributed by atoms with van der Waals surface area (Å²) in [6.07, 6.45) is -4.65. The smallest absolute Gasteiger partial charge is 0.416 e. The minimum atomic E-state index is -4.33. The van der Waals surface area contributed by atoms with Crippen LogP contribution >= 0.6 is 0 Å². The topological polar surface area (TPSA) is 57.2 Å². The number of hydrogen-bond acceptors (Lipinski definition) is 5. The molecule has 1 unspecified atom stereocenters. The molecule has 0 aliphatic carbocycles. The molecular formula is C19H25F3N4O2. The molecule has 0 bridgehead atoms. The summed E-state index contributed by atoms with van der Waals surface area (Å²) in [4.78, 5) is 20.5. The van der Waals surface area contributed by atoms with Gasteiger partial charge in [-0.05, 0) is 38.5 Å². The molecule has 0 saturated carbocycles. The second-order valence-corrected chi connectivity index (χ2v) is 7.99. The predicted octanol–water partition coefficient (Wildman–Crippen LogP) is 3.09. The van der Waals surface area contributed by atoms with Crippen LogP contribution in [0.3, 0.4) is 0 Å². The molecule has 1 N–H and O–H groups in total. The van der Waals surface area contributed by atoms with Gasteiger partial charge in [-0.15, -0.1) is 0 Å². The van der Waals surface area contributed by atoms with Crippen LogP contribution in [0.25, 0.3) is 0 Å². The fourth-order valence-corrected chi connectivity index (χ4v) is 3.22. The van der Waals surface area contributed by atoms with Gasteiger partial charge in [0.1, 0.15) is 5.60 Å². The third-order valence-electron chi connectivity index (χ3n) is 4.59. The van der Waals surface area contributed by atoms with Crippen molar-refractivity contribution in [2.75, 3.05) is 26.2 Å². The van der Waals surface area contributed by atoms with Gasteiger partial charge in [-0.3, -0.25) is 4.99 Å². The molecule has 1 aromatic carbocycles. The number of guanidine groups is 1. The minimum absolute atomic E-state index is 0.0800. The molecule has 0 spiro atoms. The third-order valence-corrected chi connectivity index (χ3v) is 4.59. The van der Waals surface area contributed by atoms with Crippen LogP contribution in [-0.4, -0.2) is 59.7 Å². The molecule has 2 aliphatic heterocycles. The van der Waals surface area contributed by atoms with Crippen molar-refractivity contribution in [1.82, 2.24) is 15.1 Å². The van der Waals surface area contributed by atoms with Gasteiger partial charge in [0.15, 0.2) is 5.96 Å². The molecule has 9 heteroatoms. The number of halogens is 3. The van der Waals surface area contributed by atoms with E-state index < -0.39 is 17.3 Å². The summed E-state index contributed by atoms with van der Waals surface area (Å²) in [5.74, 6) is 0.716. The normalized spacial score (nSPS) is 19.9. The highest BCUT2D eigenvalue weighted by Crippen LogP contribution is 2.29. The van der Waals surface area contributed by atoms with Gasteiger partial charge in [-0.2, -0.15) is 13.2 Å². The Kier molecular flexibility index (Phi) is 5.45. The first-order valence-corrected chi connectivity index (χ1v) is 9.22. The maximum atomic E-state index is 12.6. The van der Waals surface area contributed by atoms with E-state index in [1.54, 1.807) is 4.90 Å². The standard InChI is InChI=1S/C19H25F3N4O2/c1-18(2,3)28-17(27)25-8-9-26-15(12-25)11-24-16(26)23-10-13-4-6-14(7-5-13)19(20,21)22/h4-7,15H,8-12H2,1-3H3,(H,23,24). The van der Waals surface area contributed by atoms with Crippen molar-refractivity contribution in [3.8, 4) is 0 Å². The number of nitrogens with zero attached hydrogens (tertiary/aromatic N) is 3. The number of ether oxygens (including phenoxy) is 1. The molecule has 154 valence electrons. The SMILES string of the molecule is CC(C)(C)OC(=O)N1CCN2C(NCc3ccc(C(F)(F)F)cc3)=NCC2C1. The number of rotatable bonds is 2. The second kappa shape index (κ2) is 7.52. The van der Waals surface area contributed by atoms with E-state index in [0.29, 0.717) is 38.7 Å². The van der Waals surface area contributed by atoms with Crippen molar-refractivity contribution in [1.29, 1.82) is 0 Å². The molecule has 3 rings (SSSR count). The maximum absolute atomic E-state index is 12.6. The average molecular weight is 398 g/mol. The number of fused-ring (bicyclic) bond motifs is 1. The Balaban J connectivity index is 1.52. The van der Waals surface area contributed by atoms with Crippen LogP contribution in [0.5, 0.6) is 0 Å². The largest absolute Gasteiger partial charge is 0.444 e. The Morgan fingerprint density at radius 3 is 2.50 bits per heavy atom. The maximum Gasteiger partial charge on any atom is 0.416 e. The van der Waals surface area contributed by atoms with Gasteiger partial charge in [0, 0.05) is 26.2 Å². The first-order valence-electron chi connectivity index (χ1n) is 9.22. The fraction of sp³-hybridized carbons (Fsp3) is 0.579. The number of hydrogen-bond donors (Lipinski definition) is 1. The van der Waals surface area contributed by atoms with Crippen molar-refractivity contribution in [2.45, 2.75) is 45.1 Å². The number of amides is 1. The second-order valence-electron chi connectivity index (χ2n) is 7.99. The summed E-state index contributed by atoms with van der Waals surface area (Å²) in [6.45, 7) is 8.15. The number of benzene rings is 1. The van der Waals surface area contributed by atoms with Crippen molar-refractivity contribution in [2.24, 2.45) is 4.99 Å². The summed E-state index contributed by atoms with van der Waals surface area (Å²) in [7, 11) is 0. The molecule has 1 saturated heterocycles. The number of piperazine rings is 1. The van der Waals surface area contributed by atoms with Gasteiger partial charge in [0.2, 0.25) is 0 Å². The summed E-state index contributed by atoms with van der Waals surface area (Å²) in [5, 5.41) is 3.20. The van der Waals surface area contributed by atoms with Gasteiger partial charge >= 0.3 is 12.3 Å². The molecule has 1 amide bonds. The van der Waals surface area contributed by atoms with E-state index >= 15 is 0 Å². The first kappa shape index (κ1) is 20.3.